The van der Waals surface area contributed by atoms with Crippen LogP contribution in [0.3, 0.4) is 0 Å². The Morgan fingerprint density at radius 2 is 1.83 bits per heavy atom. The van der Waals surface area contributed by atoms with Crippen molar-refractivity contribution in [1.82, 2.24) is 19.5 Å². The normalized spacial score (nSPS) is 23.7. The maximum atomic E-state index is 12.4. The Bertz CT molecular complexity index is 1350. The lowest BCUT2D eigenvalue weighted by Gasteiger charge is -2.18. The predicted octanol–water partition coefficient (Wildman–Crippen LogP) is -0.380. The minimum Gasteiger partial charge on any atom is -0.478 e. The number of carbonyl (C=O) groups is 2. The van der Waals surface area contributed by atoms with Crippen molar-refractivity contribution >= 4 is 36.7 Å². The first-order chi connectivity index (χ1) is 16.5. The third-order valence-corrected chi connectivity index (χ3v) is 5.99. The lowest BCUT2D eigenvalue weighted by molar-refractivity contribution is -0.0501. The number of anilines is 1. The Balaban J connectivity index is 1.45. The van der Waals surface area contributed by atoms with Gasteiger partial charge < -0.3 is 35.4 Å². The van der Waals surface area contributed by atoms with Gasteiger partial charge in [0.1, 0.15) is 35.9 Å². The van der Waals surface area contributed by atoms with Crippen molar-refractivity contribution in [2.24, 2.45) is 0 Å². The number of nitrogens with two attached hydrogens (primary N) is 1. The number of imidazole rings is 1. The van der Waals surface area contributed by atoms with Gasteiger partial charge in [-0.15, -0.1) is 0 Å². The van der Waals surface area contributed by atoms with E-state index in [4.69, 9.17) is 29.7 Å². The number of ether oxygens (including phenoxy) is 1. The highest BCUT2D eigenvalue weighted by Gasteiger charge is 2.45. The molecule has 1 aromatic carbocycles. The van der Waals surface area contributed by atoms with Crippen LogP contribution in [-0.4, -0.2) is 81.7 Å². The highest BCUT2D eigenvalue weighted by atomic mass is 31.2. The van der Waals surface area contributed by atoms with Crippen LogP contribution in [0, 0.1) is 0 Å². The molecule has 1 saturated heterocycles. The topological polar surface area (TPSA) is 250 Å². The smallest absolute Gasteiger partial charge is 0.478 e. The summed E-state index contributed by atoms with van der Waals surface area (Å²) < 4.78 is 28.9. The fraction of sp³-hybridized carbons (Fsp3) is 0.278. The van der Waals surface area contributed by atoms with Gasteiger partial charge in [-0.05, 0) is 18.2 Å². The van der Waals surface area contributed by atoms with Crippen molar-refractivity contribution in [2.75, 3.05) is 12.3 Å². The van der Waals surface area contributed by atoms with Gasteiger partial charge in [0, 0.05) is 0 Å². The zero-order valence-electron chi connectivity index (χ0n) is 17.4. The highest BCUT2D eigenvalue weighted by molar-refractivity contribution is 7.47. The lowest BCUT2D eigenvalue weighted by Crippen LogP contribution is -2.33. The number of benzene rings is 1. The third-order valence-electron chi connectivity index (χ3n) is 5.07. The first-order valence-electron chi connectivity index (χ1n) is 9.70. The molecule has 3 heterocycles. The molecule has 0 amide bonds. The average Bonchev–Trinajstić information content (AvgIpc) is 3.34. The van der Waals surface area contributed by atoms with E-state index in [1.165, 1.54) is 17.2 Å². The lowest BCUT2D eigenvalue weighted by atomic mass is 10.1. The molecule has 5 atom stereocenters. The summed E-state index contributed by atoms with van der Waals surface area (Å²) in [5.41, 5.74) is 4.95. The van der Waals surface area contributed by atoms with Gasteiger partial charge in [-0.3, -0.25) is 14.0 Å². The molecule has 35 heavy (non-hydrogen) atoms. The first-order valence-corrected chi connectivity index (χ1v) is 11.2. The highest BCUT2D eigenvalue weighted by Crippen LogP contribution is 2.45. The van der Waals surface area contributed by atoms with E-state index in [0.717, 1.165) is 18.2 Å². The van der Waals surface area contributed by atoms with E-state index in [9.17, 15) is 29.3 Å². The maximum absolute atomic E-state index is 12.4. The monoisotopic (exact) mass is 511 g/mol. The summed E-state index contributed by atoms with van der Waals surface area (Å²) >= 11 is 0. The van der Waals surface area contributed by atoms with E-state index in [1.807, 2.05) is 0 Å². The largest absolute Gasteiger partial charge is 0.527 e. The number of fused-ring (bicyclic) bond motifs is 1. The number of carboxylic acids is 2. The minimum absolute atomic E-state index is 0.0856. The van der Waals surface area contributed by atoms with Gasteiger partial charge in [-0.1, -0.05) is 0 Å². The molecule has 0 saturated carbocycles. The molecule has 1 unspecified atom stereocenters. The number of aliphatic hydroxyl groups is 2. The van der Waals surface area contributed by atoms with Crippen molar-refractivity contribution in [3.05, 3.63) is 42.0 Å². The van der Waals surface area contributed by atoms with Crippen LogP contribution < -0.4 is 10.3 Å². The number of rotatable bonds is 8. The minimum atomic E-state index is -4.90. The number of hydrogen-bond acceptors (Lipinski definition) is 12. The second-order valence-corrected chi connectivity index (χ2v) is 8.68. The first kappa shape index (κ1) is 24.5. The number of nitrogens with zero attached hydrogens (tertiary/aromatic N) is 4. The summed E-state index contributed by atoms with van der Waals surface area (Å²) in [6.45, 7) is -0.717. The fourth-order valence-corrected chi connectivity index (χ4v) is 4.19. The number of phosphoric acid groups is 1. The number of aromatic carboxylic acids is 2. The fourth-order valence-electron chi connectivity index (χ4n) is 3.42. The average molecular weight is 511 g/mol. The zero-order valence-corrected chi connectivity index (χ0v) is 18.3. The second kappa shape index (κ2) is 9.18. The number of hydrogen-bond donors (Lipinski definition) is 6. The van der Waals surface area contributed by atoms with Crippen LogP contribution >= 0.6 is 7.82 Å². The molecule has 16 nitrogen and oxygen atoms in total. The van der Waals surface area contributed by atoms with Crippen LogP contribution in [0.1, 0.15) is 26.9 Å². The van der Waals surface area contributed by atoms with Crippen molar-refractivity contribution in [2.45, 2.75) is 24.5 Å². The molecule has 1 aliphatic rings. The molecule has 7 N–H and O–H groups in total. The predicted molar refractivity (Wildman–Crippen MR) is 112 cm³/mol. The van der Waals surface area contributed by atoms with E-state index < -0.39 is 67.8 Å². The van der Waals surface area contributed by atoms with Gasteiger partial charge in [0.15, 0.2) is 17.7 Å². The molecule has 0 radical (unpaired) electrons. The van der Waals surface area contributed by atoms with E-state index in [-0.39, 0.29) is 17.0 Å². The molecule has 4 rings (SSSR count). The van der Waals surface area contributed by atoms with Crippen LogP contribution in [0.4, 0.5) is 5.82 Å². The van der Waals surface area contributed by atoms with Gasteiger partial charge in [-0.2, -0.15) is 0 Å². The zero-order chi connectivity index (χ0) is 25.5. The quantitative estimate of drug-likeness (QED) is 0.211. The van der Waals surface area contributed by atoms with Gasteiger partial charge in [0.05, 0.1) is 24.1 Å². The van der Waals surface area contributed by atoms with Crippen molar-refractivity contribution < 1.29 is 53.3 Å². The molecule has 0 bridgehead atoms. The number of nitrogen functional groups attached to an aromatic ring is 1. The Kier molecular flexibility index (Phi) is 6.42. The molecule has 17 heteroatoms. The summed E-state index contributed by atoms with van der Waals surface area (Å²) in [5, 5.41) is 39.0. The summed E-state index contributed by atoms with van der Waals surface area (Å²) in [6.07, 6.45) is -3.10. The van der Waals surface area contributed by atoms with E-state index in [0.29, 0.717) is 0 Å². The van der Waals surface area contributed by atoms with Gasteiger partial charge in [-0.25, -0.2) is 29.1 Å². The van der Waals surface area contributed by atoms with Crippen LogP contribution in [0.5, 0.6) is 5.75 Å². The molecule has 0 spiro atoms. The van der Waals surface area contributed by atoms with E-state index >= 15 is 0 Å². The Labute approximate surface area is 194 Å². The molecule has 2 aromatic heterocycles. The summed E-state index contributed by atoms with van der Waals surface area (Å²) in [6, 6.07) is 2.61. The molecule has 1 fully saturated rings. The van der Waals surface area contributed by atoms with Crippen molar-refractivity contribution in [3.8, 4) is 5.75 Å². The SMILES string of the molecule is Nc1ncnc2c1ncn2[C@@H]1O[C@H](COP(=O)(O)Oc2ccc(C(=O)O)c(C(=O)O)c2)[C@@H](O)[C@H]1O. The van der Waals surface area contributed by atoms with Gasteiger partial charge in [0.25, 0.3) is 0 Å². The second-order valence-electron chi connectivity index (χ2n) is 7.30. The van der Waals surface area contributed by atoms with Crippen LogP contribution in [0.2, 0.25) is 0 Å². The van der Waals surface area contributed by atoms with Crippen LogP contribution in [0.15, 0.2) is 30.9 Å². The number of aliphatic hydroxyl groups excluding tert-OH is 2. The van der Waals surface area contributed by atoms with Gasteiger partial charge in [0.2, 0.25) is 0 Å². The molecule has 1 aliphatic heterocycles. The van der Waals surface area contributed by atoms with E-state index in [1.54, 1.807) is 0 Å². The number of carboxylic acid groups (broad SMARTS) is 2. The van der Waals surface area contributed by atoms with E-state index in [2.05, 4.69) is 15.0 Å². The Morgan fingerprint density at radius 3 is 2.51 bits per heavy atom. The van der Waals surface area contributed by atoms with Crippen molar-refractivity contribution in [3.63, 3.8) is 0 Å². The summed E-state index contributed by atoms with van der Waals surface area (Å²) in [4.78, 5) is 44.3. The Hall–Kier alpha value is -3.66. The Morgan fingerprint density at radius 1 is 1.11 bits per heavy atom. The third kappa shape index (κ3) is 4.79. The van der Waals surface area contributed by atoms with Crippen molar-refractivity contribution in [1.29, 1.82) is 0 Å². The molecular weight excluding hydrogens is 493 g/mol. The molecular formula is C18H18N5O11P. The number of phosphoric ester groups is 1. The van der Waals surface area contributed by atoms with Crippen LogP contribution in [0.25, 0.3) is 11.2 Å². The molecule has 186 valence electrons. The molecule has 0 aliphatic carbocycles. The summed E-state index contributed by atoms with van der Waals surface area (Å²) in [7, 11) is -4.90. The number of aromatic nitrogens is 4. The van der Waals surface area contributed by atoms with Crippen LogP contribution in [-0.2, 0) is 13.8 Å². The summed E-state index contributed by atoms with van der Waals surface area (Å²) in [5.74, 6) is -3.48. The maximum Gasteiger partial charge on any atom is 0.527 e. The van der Waals surface area contributed by atoms with Gasteiger partial charge >= 0.3 is 19.8 Å². The molecule has 3 aromatic rings. The standard InChI is InChI=1S/C18H18N5O11P/c19-14-11-15(21-5-20-14)23(6-22-11)16-13(25)12(24)10(33-16)4-32-35(30,31)34-7-1-2-8(17(26)27)9(3-7)18(28)29/h1-3,5-6,10,12-13,16,24-25H,4H2,(H,26,27)(H,28,29)(H,30,31)(H2,19,20,21)/t10-,12-,13-,16-/m1/s1.